The number of hydrogen-bond acceptors (Lipinski definition) is 5. The van der Waals surface area contributed by atoms with Gasteiger partial charge in [-0.2, -0.15) is 0 Å². The highest BCUT2D eigenvalue weighted by Crippen LogP contribution is 2.20. The van der Waals surface area contributed by atoms with E-state index < -0.39 is 11.0 Å². The summed E-state index contributed by atoms with van der Waals surface area (Å²) in [7, 11) is 4.35. The van der Waals surface area contributed by atoms with Gasteiger partial charge in [-0.1, -0.05) is 0 Å². The number of aliphatic hydroxyl groups is 1. The standard InChI is InChI=1S/C10H21N3O5/c1-13(16)8-11(4-6-17-2)9(14)12(10(13)15)5-7-18-3/h10,15H,4-8H2,1-3H3. The first-order chi connectivity index (χ1) is 8.44. The maximum Gasteiger partial charge on any atom is 0.331 e. The highest BCUT2D eigenvalue weighted by atomic mass is 16.6. The summed E-state index contributed by atoms with van der Waals surface area (Å²) in [5, 5.41) is 22.0. The number of nitrogens with zero attached hydrogens (tertiary/aromatic N) is 3. The van der Waals surface area contributed by atoms with Gasteiger partial charge < -0.3 is 24.4 Å². The van der Waals surface area contributed by atoms with E-state index in [0.29, 0.717) is 13.2 Å². The fraction of sp³-hybridized carbons (Fsp3) is 0.900. The number of hydrogen-bond donors (Lipinski definition) is 1. The van der Waals surface area contributed by atoms with Gasteiger partial charge in [-0.05, 0) is 0 Å². The molecule has 0 bridgehead atoms. The van der Waals surface area contributed by atoms with Gasteiger partial charge in [-0.15, -0.1) is 0 Å². The molecule has 8 heteroatoms. The first-order valence-corrected chi connectivity index (χ1v) is 5.71. The third-order valence-electron chi connectivity index (χ3n) is 2.84. The van der Waals surface area contributed by atoms with E-state index in [1.165, 1.54) is 26.2 Å². The maximum absolute atomic E-state index is 12.1. The number of carbonyl (C=O) groups excluding carboxylic acids is 1. The molecule has 0 saturated carbocycles. The summed E-state index contributed by atoms with van der Waals surface area (Å²) in [5.41, 5.74) is 0. The fourth-order valence-corrected chi connectivity index (χ4v) is 1.82. The number of quaternary nitrogens is 1. The zero-order valence-electron chi connectivity index (χ0n) is 11.0. The third kappa shape index (κ3) is 3.30. The zero-order chi connectivity index (χ0) is 13.8. The van der Waals surface area contributed by atoms with E-state index in [1.54, 1.807) is 0 Å². The molecule has 1 saturated heterocycles. The van der Waals surface area contributed by atoms with Crippen LogP contribution < -0.4 is 0 Å². The van der Waals surface area contributed by atoms with Gasteiger partial charge in [0.15, 0.2) is 6.67 Å². The van der Waals surface area contributed by atoms with Crippen LogP contribution in [0.2, 0.25) is 0 Å². The molecule has 0 aliphatic carbocycles. The van der Waals surface area contributed by atoms with Crippen molar-refractivity contribution in [2.45, 2.75) is 6.35 Å². The normalized spacial score (nSPS) is 28.9. The molecule has 1 aliphatic heterocycles. The van der Waals surface area contributed by atoms with Crippen molar-refractivity contribution in [3.63, 3.8) is 0 Å². The van der Waals surface area contributed by atoms with Crippen LogP contribution in [-0.4, -0.2) is 86.2 Å². The summed E-state index contributed by atoms with van der Waals surface area (Å²) < 4.78 is 8.83. The maximum atomic E-state index is 12.1. The topological polar surface area (TPSA) is 85.3 Å². The molecule has 18 heavy (non-hydrogen) atoms. The Morgan fingerprint density at radius 3 is 2.50 bits per heavy atom. The zero-order valence-corrected chi connectivity index (χ0v) is 11.0. The Morgan fingerprint density at radius 1 is 1.39 bits per heavy atom. The van der Waals surface area contributed by atoms with Gasteiger partial charge in [0.25, 0.3) is 6.35 Å². The molecular formula is C10H21N3O5. The van der Waals surface area contributed by atoms with Crippen LogP contribution in [0.25, 0.3) is 0 Å². The molecule has 2 unspecified atom stereocenters. The van der Waals surface area contributed by atoms with Crippen LogP contribution in [0.1, 0.15) is 0 Å². The molecule has 1 heterocycles. The van der Waals surface area contributed by atoms with Gasteiger partial charge in [-0.25, -0.2) is 9.69 Å². The van der Waals surface area contributed by atoms with Gasteiger partial charge in [0, 0.05) is 14.2 Å². The van der Waals surface area contributed by atoms with Crippen LogP contribution in [0.5, 0.6) is 0 Å². The lowest BCUT2D eigenvalue weighted by Crippen LogP contribution is -2.70. The third-order valence-corrected chi connectivity index (χ3v) is 2.84. The van der Waals surface area contributed by atoms with Crippen molar-refractivity contribution >= 4 is 6.03 Å². The molecule has 0 aromatic heterocycles. The summed E-state index contributed by atoms with van der Waals surface area (Å²) in [6, 6.07) is -0.372. The van der Waals surface area contributed by atoms with Crippen molar-refractivity contribution in [2.24, 2.45) is 0 Å². The molecule has 2 amide bonds. The number of methoxy groups -OCH3 is 2. The van der Waals surface area contributed by atoms with E-state index in [9.17, 15) is 15.1 Å². The highest BCUT2D eigenvalue weighted by Gasteiger charge is 2.42. The van der Waals surface area contributed by atoms with Crippen LogP contribution in [0.4, 0.5) is 4.79 Å². The second-order valence-corrected chi connectivity index (χ2v) is 4.39. The van der Waals surface area contributed by atoms with Crippen LogP contribution in [0.15, 0.2) is 0 Å². The van der Waals surface area contributed by atoms with E-state index in [-0.39, 0.29) is 25.9 Å². The largest absolute Gasteiger partial charge is 0.628 e. The van der Waals surface area contributed by atoms with Crippen molar-refractivity contribution in [3.05, 3.63) is 5.21 Å². The molecule has 0 spiro atoms. The monoisotopic (exact) mass is 263 g/mol. The Labute approximate surface area is 106 Å². The lowest BCUT2D eigenvalue weighted by molar-refractivity contribution is -0.934. The Morgan fingerprint density at radius 2 is 1.94 bits per heavy atom. The minimum absolute atomic E-state index is 0.0904. The van der Waals surface area contributed by atoms with Gasteiger partial charge in [0.2, 0.25) is 0 Å². The first-order valence-electron chi connectivity index (χ1n) is 5.71. The van der Waals surface area contributed by atoms with Crippen molar-refractivity contribution in [3.8, 4) is 0 Å². The molecule has 106 valence electrons. The van der Waals surface area contributed by atoms with E-state index in [1.807, 2.05) is 0 Å². The molecule has 1 aliphatic rings. The molecule has 0 aromatic rings. The van der Waals surface area contributed by atoms with Crippen molar-refractivity contribution < 1.29 is 24.0 Å². The first kappa shape index (κ1) is 15.1. The number of rotatable bonds is 6. The summed E-state index contributed by atoms with van der Waals surface area (Å²) in [4.78, 5) is 14.6. The summed E-state index contributed by atoms with van der Waals surface area (Å²) in [6.07, 6.45) is -1.40. The number of amides is 2. The van der Waals surface area contributed by atoms with E-state index in [2.05, 4.69) is 0 Å². The van der Waals surface area contributed by atoms with E-state index in [0.717, 1.165) is 4.90 Å². The van der Waals surface area contributed by atoms with Gasteiger partial charge in [0.05, 0.1) is 33.4 Å². The van der Waals surface area contributed by atoms with Crippen LogP contribution in [0, 0.1) is 5.21 Å². The molecule has 0 radical (unpaired) electrons. The number of hydroxylamine groups is 3. The summed E-state index contributed by atoms with van der Waals surface area (Å²) in [6.45, 7) is 1.02. The average molecular weight is 263 g/mol. The van der Waals surface area contributed by atoms with Crippen LogP contribution in [0.3, 0.4) is 0 Å². The van der Waals surface area contributed by atoms with Crippen molar-refractivity contribution in [1.82, 2.24) is 9.80 Å². The van der Waals surface area contributed by atoms with E-state index in [4.69, 9.17) is 9.47 Å². The smallest absolute Gasteiger partial charge is 0.331 e. The Balaban J connectivity index is 2.76. The van der Waals surface area contributed by atoms with Crippen molar-refractivity contribution in [1.29, 1.82) is 0 Å². The van der Waals surface area contributed by atoms with Crippen LogP contribution >= 0.6 is 0 Å². The fourth-order valence-electron chi connectivity index (χ4n) is 1.82. The minimum atomic E-state index is -1.40. The molecule has 1 N–H and O–H groups in total. The van der Waals surface area contributed by atoms with E-state index >= 15 is 0 Å². The second kappa shape index (κ2) is 6.30. The number of ether oxygens (including phenoxy) is 2. The molecule has 1 rings (SSSR count). The Hall–Kier alpha value is -0.930. The van der Waals surface area contributed by atoms with Gasteiger partial charge >= 0.3 is 6.03 Å². The number of urea groups is 1. The molecule has 2 atom stereocenters. The molecule has 1 fully saturated rings. The Bertz CT molecular complexity index is 287. The predicted molar refractivity (Wildman–Crippen MR) is 63.0 cm³/mol. The molecule has 8 nitrogen and oxygen atoms in total. The average Bonchev–Trinajstić information content (AvgIpc) is 2.32. The second-order valence-electron chi connectivity index (χ2n) is 4.39. The number of carbonyl (C=O) groups is 1. The Kier molecular flexibility index (Phi) is 5.29. The van der Waals surface area contributed by atoms with Crippen LogP contribution in [-0.2, 0) is 9.47 Å². The summed E-state index contributed by atoms with van der Waals surface area (Å²) >= 11 is 0. The molecule has 0 aromatic carbocycles. The van der Waals surface area contributed by atoms with Gasteiger partial charge in [0.1, 0.15) is 0 Å². The summed E-state index contributed by atoms with van der Waals surface area (Å²) in [5.74, 6) is 0. The highest BCUT2D eigenvalue weighted by molar-refractivity contribution is 5.74. The van der Waals surface area contributed by atoms with Crippen molar-refractivity contribution in [2.75, 3.05) is 54.2 Å². The lowest BCUT2D eigenvalue weighted by atomic mass is 10.4. The number of aliphatic hydroxyl groups excluding tert-OH is 1. The molecular weight excluding hydrogens is 242 g/mol. The SMILES string of the molecule is COCCN1C[N+](C)([O-])C(O)N(CCOC)C1=O. The quantitative estimate of drug-likeness (QED) is 0.500. The lowest BCUT2D eigenvalue weighted by Gasteiger charge is -2.52. The predicted octanol–water partition coefficient (Wildman–Crippen LogP) is -0.805. The van der Waals surface area contributed by atoms with Gasteiger partial charge in [-0.3, -0.25) is 4.90 Å². The minimum Gasteiger partial charge on any atom is -0.628 e.